The highest BCUT2D eigenvalue weighted by Crippen LogP contribution is 2.28. The maximum absolute atomic E-state index is 11.6. The van der Waals surface area contributed by atoms with Crippen LogP contribution in [-0.4, -0.2) is 45.3 Å². The highest BCUT2D eigenvalue weighted by Gasteiger charge is 2.24. The number of esters is 1. The Morgan fingerprint density at radius 3 is 2.61 bits per heavy atom. The summed E-state index contributed by atoms with van der Waals surface area (Å²) in [5.41, 5.74) is 6.40. The molecule has 23 heavy (non-hydrogen) atoms. The minimum absolute atomic E-state index is 0.0235. The van der Waals surface area contributed by atoms with Crippen LogP contribution in [-0.2, 0) is 19.4 Å². The maximum Gasteiger partial charge on any atom is 0.306 e. The Hall–Kier alpha value is -1.83. The number of aromatic nitrogens is 1. The van der Waals surface area contributed by atoms with Gasteiger partial charge in [0.05, 0.1) is 12.3 Å². The van der Waals surface area contributed by atoms with Crippen molar-refractivity contribution in [3.63, 3.8) is 0 Å². The average molecular weight is 341 g/mol. The van der Waals surface area contributed by atoms with Crippen molar-refractivity contribution >= 4 is 27.3 Å². The molecule has 1 fully saturated rings. The smallest absolute Gasteiger partial charge is 0.306 e. The largest absolute Gasteiger partial charge is 0.466 e. The van der Waals surface area contributed by atoms with E-state index < -0.39 is 9.84 Å². The first-order valence-electron chi connectivity index (χ1n) is 7.68. The molecule has 0 atom stereocenters. The molecule has 0 spiro atoms. The normalized spacial score (nSPS) is 16.3. The SMILES string of the molecule is CCOC(=O)CC1CCN(c2nc(S(C)(=O)=O)ccc2N)CC1. The van der Waals surface area contributed by atoms with Crippen LogP contribution >= 0.6 is 0 Å². The third kappa shape index (κ3) is 4.57. The number of carbonyl (C=O) groups excluding carboxylic acids is 1. The van der Waals surface area contributed by atoms with Crippen molar-refractivity contribution in [1.82, 2.24) is 4.98 Å². The summed E-state index contributed by atoms with van der Waals surface area (Å²) in [6.45, 7) is 3.57. The lowest BCUT2D eigenvalue weighted by Crippen LogP contribution is -2.35. The second-order valence-corrected chi connectivity index (χ2v) is 7.74. The van der Waals surface area contributed by atoms with Crippen molar-refractivity contribution in [2.75, 3.05) is 36.6 Å². The Morgan fingerprint density at radius 2 is 2.04 bits per heavy atom. The molecule has 1 aliphatic heterocycles. The number of hydrogen-bond acceptors (Lipinski definition) is 7. The number of rotatable bonds is 5. The Bertz CT molecular complexity index is 667. The fraction of sp³-hybridized carbons (Fsp3) is 0.600. The summed E-state index contributed by atoms with van der Waals surface area (Å²) in [4.78, 5) is 17.7. The molecule has 8 heteroatoms. The van der Waals surface area contributed by atoms with Gasteiger partial charge in [0.15, 0.2) is 20.7 Å². The van der Waals surface area contributed by atoms with Gasteiger partial charge < -0.3 is 15.4 Å². The number of carbonyl (C=O) groups is 1. The average Bonchev–Trinajstić information content (AvgIpc) is 2.48. The number of pyridine rings is 1. The molecule has 0 unspecified atom stereocenters. The number of anilines is 2. The van der Waals surface area contributed by atoms with E-state index in [0.717, 1.165) is 19.1 Å². The van der Waals surface area contributed by atoms with Crippen LogP contribution in [0.2, 0.25) is 0 Å². The third-order valence-electron chi connectivity index (χ3n) is 3.93. The van der Waals surface area contributed by atoms with Crippen molar-refractivity contribution in [2.24, 2.45) is 5.92 Å². The van der Waals surface area contributed by atoms with Crippen LogP contribution in [0.15, 0.2) is 17.2 Å². The number of ether oxygens (including phenoxy) is 1. The van der Waals surface area contributed by atoms with Crippen molar-refractivity contribution in [2.45, 2.75) is 31.2 Å². The minimum Gasteiger partial charge on any atom is -0.466 e. The van der Waals surface area contributed by atoms with E-state index in [-0.39, 0.29) is 16.9 Å². The van der Waals surface area contributed by atoms with Gasteiger partial charge >= 0.3 is 5.97 Å². The summed E-state index contributed by atoms with van der Waals surface area (Å²) < 4.78 is 28.3. The molecule has 2 N–H and O–H groups in total. The summed E-state index contributed by atoms with van der Waals surface area (Å²) in [5.74, 6) is 0.620. The number of hydrogen-bond donors (Lipinski definition) is 1. The number of piperidine rings is 1. The predicted octanol–water partition coefficient (Wildman–Crippen LogP) is 1.24. The van der Waals surface area contributed by atoms with Crippen LogP contribution in [0.1, 0.15) is 26.2 Å². The fourth-order valence-electron chi connectivity index (χ4n) is 2.71. The Labute approximate surface area is 136 Å². The molecule has 1 saturated heterocycles. The van der Waals surface area contributed by atoms with Crippen LogP contribution in [0.25, 0.3) is 0 Å². The molecule has 0 bridgehead atoms. The Kier molecular flexibility index (Phi) is 5.46. The van der Waals surface area contributed by atoms with Gasteiger partial charge in [0, 0.05) is 25.8 Å². The van der Waals surface area contributed by atoms with E-state index >= 15 is 0 Å². The Balaban J connectivity index is 2.04. The van der Waals surface area contributed by atoms with Crippen LogP contribution in [0.5, 0.6) is 0 Å². The molecule has 1 aromatic rings. The monoisotopic (exact) mass is 341 g/mol. The lowest BCUT2D eigenvalue weighted by molar-refractivity contribution is -0.144. The predicted molar refractivity (Wildman–Crippen MR) is 87.9 cm³/mol. The second-order valence-electron chi connectivity index (χ2n) is 5.77. The summed E-state index contributed by atoms with van der Waals surface area (Å²) >= 11 is 0. The van der Waals surface area contributed by atoms with E-state index in [1.165, 1.54) is 6.07 Å². The quantitative estimate of drug-likeness (QED) is 0.804. The van der Waals surface area contributed by atoms with E-state index in [1.807, 2.05) is 4.90 Å². The lowest BCUT2D eigenvalue weighted by atomic mass is 9.93. The van der Waals surface area contributed by atoms with E-state index in [0.29, 0.717) is 37.6 Å². The van der Waals surface area contributed by atoms with E-state index in [2.05, 4.69) is 4.98 Å². The number of nitrogens with zero attached hydrogens (tertiary/aromatic N) is 2. The van der Waals surface area contributed by atoms with E-state index in [9.17, 15) is 13.2 Å². The van der Waals surface area contributed by atoms with Crippen molar-refractivity contribution in [3.05, 3.63) is 12.1 Å². The van der Waals surface area contributed by atoms with Gasteiger partial charge in [-0.3, -0.25) is 4.79 Å². The van der Waals surface area contributed by atoms with Crippen LogP contribution < -0.4 is 10.6 Å². The Morgan fingerprint density at radius 1 is 1.39 bits per heavy atom. The zero-order valence-corrected chi connectivity index (χ0v) is 14.3. The standard InChI is InChI=1S/C15H23N3O4S/c1-3-22-14(19)10-11-6-8-18(9-7-11)15-12(16)4-5-13(17-15)23(2,20)21/h4-5,11H,3,6-10,16H2,1-2H3. The van der Waals surface area contributed by atoms with Gasteiger partial charge in [-0.25, -0.2) is 13.4 Å². The molecule has 0 aliphatic carbocycles. The van der Waals surface area contributed by atoms with Gasteiger partial charge in [0.25, 0.3) is 0 Å². The molecule has 0 amide bonds. The van der Waals surface area contributed by atoms with E-state index in [4.69, 9.17) is 10.5 Å². The molecule has 0 aromatic carbocycles. The molecular weight excluding hydrogens is 318 g/mol. The number of nitrogens with two attached hydrogens (primary N) is 1. The highest BCUT2D eigenvalue weighted by molar-refractivity contribution is 7.90. The fourth-order valence-corrected chi connectivity index (χ4v) is 3.27. The van der Waals surface area contributed by atoms with Crippen LogP contribution in [0.3, 0.4) is 0 Å². The molecule has 1 aliphatic rings. The van der Waals surface area contributed by atoms with Gasteiger partial charge in [-0.2, -0.15) is 0 Å². The summed E-state index contributed by atoms with van der Waals surface area (Å²) in [5, 5.41) is 0.0235. The topological polar surface area (TPSA) is 103 Å². The molecule has 0 saturated carbocycles. The number of nitrogen functional groups attached to an aromatic ring is 1. The first kappa shape index (κ1) is 17.5. The van der Waals surface area contributed by atoms with Gasteiger partial charge in [0.1, 0.15) is 0 Å². The van der Waals surface area contributed by atoms with Gasteiger partial charge in [0.2, 0.25) is 0 Å². The highest BCUT2D eigenvalue weighted by atomic mass is 32.2. The maximum atomic E-state index is 11.6. The first-order valence-corrected chi connectivity index (χ1v) is 9.57. The second kappa shape index (κ2) is 7.16. The molecular formula is C15H23N3O4S. The van der Waals surface area contributed by atoms with Crippen molar-refractivity contribution < 1.29 is 17.9 Å². The van der Waals surface area contributed by atoms with Gasteiger partial charge in [-0.15, -0.1) is 0 Å². The zero-order chi connectivity index (χ0) is 17.0. The number of sulfone groups is 1. The summed E-state index contributed by atoms with van der Waals surface area (Å²) in [6.07, 6.45) is 3.20. The summed E-state index contributed by atoms with van der Waals surface area (Å²) in [6, 6.07) is 2.99. The van der Waals surface area contributed by atoms with Crippen molar-refractivity contribution in [1.29, 1.82) is 0 Å². The summed E-state index contributed by atoms with van der Waals surface area (Å²) in [7, 11) is -3.37. The molecule has 2 rings (SSSR count). The molecule has 7 nitrogen and oxygen atoms in total. The van der Waals surface area contributed by atoms with Gasteiger partial charge in [-0.1, -0.05) is 0 Å². The van der Waals surface area contributed by atoms with Crippen molar-refractivity contribution in [3.8, 4) is 0 Å². The molecule has 2 heterocycles. The van der Waals surface area contributed by atoms with Crippen LogP contribution in [0.4, 0.5) is 11.5 Å². The molecule has 0 radical (unpaired) electrons. The van der Waals surface area contributed by atoms with Crippen LogP contribution in [0, 0.1) is 5.92 Å². The third-order valence-corrected chi connectivity index (χ3v) is 4.92. The van der Waals surface area contributed by atoms with Gasteiger partial charge in [-0.05, 0) is 37.8 Å². The molecule has 1 aromatic heterocycles. The van der Waals surface area contributed by atoms with E-state index in [1.54, 1.807) is 13.0 Å². The molecule has 128 valence electrons. The lowest BCUT2D eigenvalue weighted by Gasteiger charge is -2.33. The zero-order valence-electron chi connectivity index (χ0n) is 13.5. The minimum atomic E-state index is -3.37. The first-order chi connectivity index (χ1) is 10.8.